The molecule has 10 nitrogen and oxygen atoms in total. The number of nitro groups is 1. The fourth-order valence-corrected chi connectivity index (χ4v) is 3.67. The van der Waals surface area contributed by atoms with E-state index in [0.29, 0.717) is 21.5 Å². The lowest BCUT2D eigenvalue weighted by atomic mass is 10.1. The lowest BCUT2D eigenvalue weighted by Gasteiger charge is -2.25. The Hall–Kier alpha value is -4.25. The largest absolute Gasteiger partial charge is 0.488 e. The molecule has 0 saturated carbocycles. The smallest absolute Gasteiger partial charge is 0.331 e. The normalized spacial score (nSPS) is 14.9. The highest BCUT2D eigenvalue weighted by Crippen LogP contribution is 2.28. The lowest BCUT2D eigenvalue weighted by Crippen LogP contribution is -2.53. The van der Waals surface area contributed by atoms with Gasteiger partial charge in [0.15, 0.2) is 0 Å². The number of hydrogen-bond acceptors (Lipinski definition) is 7. The first-order valence-corrected chi connectivity index (χ1v) is 10.7. The Bertz CT molecular complexity index is 1300. The predicted octanol–water partition coefficient (Wildman–Crippen LogP) is 4.19. The number of carbonyl (C=O) groups excluding carboxylic acids is 3. The third-order valence-electron chi connectivity index (χ3n) is 4.89. The number of non-ortho nitro benzene ring substituents is 1. The van der Waals surface area contributed by atoms with Gasteiger partial charge in [-0.15, -0.1) is 0 Å². The number of nitrogens with zero attached hydrogens (tertiary/aromatic N) is 2. The number of carbonyl (C=O) groups is 3. The number of nitro benzene ring substituents is 1. The Morgan fingerprint density at radius 1 is 1.12 bits per heavy atom. The number of nitrogens with one attached hydrogen (secondary N) is 1. The van der Waals surface area contributed by atoms with Crippen molar-refractivity contribution in [3.63, 3.8) is 0 Å². The van der Waals surface area contributed by atoms with Crippen molar-refractivity contribution in [2.45, 2.75) is 13.2 Å². The van der Waals surface area contributed by atoms with Crippen LogP contribution in [0.15, 0.2) is 75.3 Å². The third kappa shape index (κ3) is 5.04. The van der Waals surface area contributed by atoms with Gasteiger partial charge < -0.3 is 9.15 Å². The van der Waals surface area contributed by atoms with Crippen LogP contribution in [0.5, 0.6) is 5.75 Å². The highest BCUT2D eigenvalue weighted by atomic mass is 79.9. The minimum atomic E-state index is -0.820. The molecule has 0 radical (unpaired) electrons. The van der Waals surface area contributed by atoms with Gasteiger partial charge in [-0.3, -0.25) is 29.9 Å². The number of rotatable bonds is 7. The van der Waals surface area contributed by atoms with E-state index in [1.54, 1.807) is 42.5 Å². The molecule has 0 bridgehead atoms. The van der Waals surface area contributed by atoms with Crippen LogP contribution in [0, 0.1) is 10.1 Å². The molecular weight excluding hydrogens is 510 g/mol. The molecule has 1 aliphatic rings. The summed E-state index contributed by atoms with van der Waals surface area (Å²) in [6.07, 6.45) is 2.80. The number of furan rings is 1. The summed E-state index contributed by atoms with van der Waals surface area (Å²) in [5.41, 5.74) is 1.07. The molecule has 1 aromatic heterocycles. The van der Waals surface area contributed by atoms with E-state index in [4.69, 9.17) is 9.15 Å². The van der Waals surface area contributed by atoms with Gasteiger partial charge in [0, 0.05) is 12.1 Å². The SMILES string of the molecule is O=C1NC(=O)N(Cc2ccco2)C(=O)/C1=C/c1ccc(OCc2ccc([N+](=O)[O-])cc2)c(Br)c1. The number of halogens is 1. The van der Waals surface area contributed by atoms with Crippen molar-refractivity contribution in [1.29, 1.82) is 0 Å². The molecule has 2 aromatic carbocycles. The summed E-state index contributed by atoms with van der Waals surface area (Å²) in [5, 5.41) is 12.9. The van der Waals surface area contributed by atoms with Crippen LogP contribution in [0.1, 0.15) is 16.9 Å². The van der Waals surface area contributed by atoms with E-state index in [-0.39, 0.29) is 24.4 Å². The van der Waals surface area contributed by atoms with Gasteiger partial charge in [-0.05, 0) is 69.5 Å². The molecule has 1 N–H and O–H groups in total. The number of barbiturate groups is 1. The Morgan fingerprint density at radius 3 is 2.53 bits per heavy atom. The van der Waals surface area contributed by atoms with E-state index < -0.39 is 22.8 Å². The van der Waals surface area contributed by atoms with Gasteiger partial charge in [0.1, 0.15) is 23.7 Å². The van der Waals surface area contributed by atoms with Gasteiger partial charge in [0.05, 0.1) is 22.2 Å². The molecule has 34 heavy (non-hydrogen) atoms. The molecule has 3 aromatic rings. The van der Waals surface area contributed by atoms with Gasteiger partial charge in [0.25, 0.3) is 17.5 Å². The Balaban J connectivity index is 1.48. The molecule has 2 heterocycles. The highest BCUT2D eigenvalue weighted by Gasteiger charge is 2.36. The van der Waals surface area contributed by atoms with Crippen LogP contribution >= 0.6 is 15.9 Å². The second-order valence-electron chi connectivity index (χ2n) is 7.19. The molecule has 0 spiro atoms. The summed E-state index contributed by atoms with van der Waals surface area (Å²) in [6.45, 7) is 0.0726. The van der Waals surface area contributed by atoms with Crippen LogP contribution in [0.3, 0.4) is 0 Å². The topological polar surface area (TPSA) is 132 Å². The van der Waals surface area contributed by atoms with Gasteiger partial charge in [-0.1, -0.05) is 6.07 Å². The molecule has 0 atom stereocenters. The second-order valence-corrected chi connectivity index (χ2v) is 8.04. The van der Waals surface area contributed by atoms with Crippen molar-refractivity contribution < 1.29 is 28.5 Å². The number of amides is 4. The van der Waals surface area contributed by atoms with Crippen LogP contribution in [-0.4, -0.2) is 27.7 Å². The van der Waals surface area contributed by atoms with Gasteiger partial charge in [-0.25, -0.2) is 4.79 Å². The van der Waals surface area contributed by atoms with E-state index in [1.165, 1.54) is 24.5 Å². The predicted molar refractivity (Wildman–Crippen MR) is 122 cm³/mol. The second kappa shape index (κ2) is 9.71. The van der Waals surface area contributed by atoms with Crippen LogP contribution in [0.25, 0.3) is 6.08 Å². The van der Waals surface area contributed by atoms with Gasteiger partial charge in [0.2, 0.25) is 0 Å². The first kappa shape index (κ1) is 22.9. The first-order chi connectivity index (χ1) is 16.3. The van der Waals surface area contributed by atoms with Gasteiger partial charge in [-0.2, -0.15) is 0 Å². The minimum absolute atomic E-state index is 0.00644. The number of imide groups is 2. The zero-order valence-electron chi connectivity index (χ0n) is 17.4. The molecule has 4 amide bonds. The summed E-state index contributed by atoms with van der Waals surface area (Å²) in [4.78, 5) is 48.4. The quantitative estimate of drug-likeness (QED) is 0.211. The standard InChI is InChI=1S/C23H16BrN3O7/c24-19-11-15(5-8-20(19)34-13-14-3-6-16(7-4-14)27(31)32)10-18-21(28)25-23(30)26(22(18)29)12-17-2-1-9-33-17/h1-11H,12-13H2,(H,25,28,30)/b18-10+. The monoisotopic (exact) mass is 525 g/mol. The maximum absolute atomic E-state index is 12.8. The molecule has 1 saturated heterocycles. The van der Waals surface area contributed by atoms with Crippen molar-refractivity contribution in [3.8, 4) is 5.75 Å². The molecule has 11 heteroatoms. The molecule has 172 valence electrons. The van der Waals surface area contributed by atoms with E-state index in [9.17, 15) is 24.5 Å². The Kier molecular flexibility index (Phi) is 6.55. The summed E-state index contributed by atoms with van der Waals surface area (Å²) in [7, 11) is 0. The fourth-order valence-electron chi connectivity index (χ4n) is 3.16. The van der Waals surface area contributed by atoms with Crippen molar-refractivity contribution in [3.05, 3.63) is 97.9 Å². The maximum Gasteiger partial charge on any atom is 0.331 e. The van der Waals surface area contributed by atoms with Crippen molar-refractivity contribution in [2.24, 2.45) is 0 Å². The summed E-state index contributed by atoms with van der Waals surface area (Å²) in [5.74, 6) is -0.635. The molecule has 1 fully saturated rings. The van der Waals surface area contributed by atoms with Crippen molar-refractivity contribution in [1.82, 2.24) is 10.2 Å². The van der Waals surface area contributed by atoms with E-state index >= 15 is 0 Å². The van der Waals surface area contributed by atoms with Crippen LogP contribution < -0.4 is 10.1 Å². The van der Waals surface area contributed by atoms with Crippen molar-refractivity contribution in [2.75, 3.05) is 0 Å². The number of ether oxygens (including phenoxy) is 1. The number of hydrogen-bond donors (Lipinski definition) is 1. The first-order valence-electron chi connectivity index (χ1n) is 9.89. The molecule has 1 aliphatic heterocycles. The summed E-state index contributed by atoms with van der Waals surface area (Å²) >= 11 is 3.40. The molecular formula is C23H16BrN3O7. The zero-order chi connectivity index (χ0) is 24.2. The average Bonchev–Trinajstić information content (AvgIpc) is 3.32. The van der Waals surface area contributed by atoms with E-state index in [0.717, 1.165) is 10.5 Å². The Morgan fingerprint density at radius 2 is 1.88 bits per heavy atom. The maximum atomic E-state index is 12.8. The number of urea groups is 1. The molecule has 0 unspecified atom stereocenters. The van der Waals surface area contributed by atoms with E-state index in [2.05, 4.69) is 21.2 Å². The third-order valence-corrected chi connectivity index (χ3v) is 5.51. The average molecular weight is 526 g/mol. The highest BCUT2D eigenvalue weighted by molar-refractivity contribution is 9.10. The zero-order valence-corrected chi connectivity index (χ0v) is 19.0. The number of benzene rings is 2. The van der Waals surface area contributed by atoms with Crippen molar-refractivity contribution >= 4 is 45.5 Å². The van der Waals surface area contributed by atoms with Crippen LogP contribution in [-0.2, 0) is 22.7 Å². The lowest BCUT2D eigenvalue weighted by molar-refractivity contribution is -0.384. The minimum Gasteiger partial charge on any atom is -0.488 e. The van der Waals surface area contributed by atoms with Crippen LogP contribution in [0.2, 0.25) is 0 Å². The van der Waals surface area contributed by atoms with Crippen LogP contribution in [0.4, 0.5) is 10.5 Å². The fraction of sp³-hybridized carbons (Fsp3) is 0.0870. The van der Waals surface area contributed by atoms with Gasteiger partial charge >= 0.3 is 6.03 Å². The van der Waals surface area contributed by atoms with E-state index in [1.807, 2.05) is 0 Å². The molecule has 4 rings (SSSR count). The Labute approximate surface area is 201 Å². The summed E-state index contributed by atoms with van der Waals surface area (Å²) in [6, 6.07) is 13.4. The molecule has 0 aliphatic carbocycles. The summed E-state index contributed by atoms with van der Waals surface area (Å²) < 4.78 is 11.5.